The topological polar surface area (TPSA) is 67.5 Å². The van der Waals surface area contributed by atoms with E-state index in [1.54, 1.807) is 0 Å². The third-order valence-electron chi connectivity index (χ3n) is 3.36. The molecule has 4 nitrogen and oxygen atoms in total. The number of rotatable bonds is 4. The van der Waals surface area contributed by atoms with Crippen molar-refractivity contribution in [2.75, 3.05) is 17.6 Å². The Labute approximate surface area is 133 Å². The molecule has 1 atom stereocenters. The maximum absolute atomic E-state index is 12.6. The third-order valence-corrected chi connectivity index (χ3v) is 4.60. The van der Waals surface area contributed by atoms with Gasteiger partial charge >= 0.3 is 0 Å². The minimum atomic E-state index is -0.363. The van der Waals surface area contributed by atoms with E-state index in [1.807, 2.05) is 54.6 Å². The van der Waals surface area contributed by atoms with Gasteiger partial charge in [0.1, 0.15) is 5.25 Å². The first-order valence-corrected chi connectivity index (χ1v) is 8.20. The van der Waals surface area contributed by atoms with Gasteiger partial charge < -0.3 is 11.1 Å². The van der Waals surface area contributed by atoms with Crippen LogP contribution in [-0.2, 0) is 4.79 Å². The molecule has 0 fully saturated rings. The van der Waals surface area contributed by atoms with Gasteiger partial charge in [0.25, 0.3) is 0 Å². The third kappa shape index (κ3) is 3.05. The van der Waals surface area contributed by atoms with E-state index in [-0.39, 0.29) is 11.2 Å². The number of hydrogen-bond donors (Lipinski definition) is 2. The number of hydrogen-bond acceptors (Lipinski definition) is 4. The normalized spacial score (nSPS) is 17.2. The standard InChI is InChI=1S/C17H17N3OS/c18-10-11-22-16-15(12-6-2-1-3-7-12)19-13-8-4-5-9-14(13)20-17(16)21/h1-9,16H,10-11,18H2,(H,20,21)/t16-/m1/s1. The Bertz CT molecular complexity index is 700. The number of nitrogens with two attached hydrogens (primary N) is 1. The summed E-state index contributed by atoms with van der Waals surface area (Å²) >= 11 is 1.52. The van der Waals surface area contributed by atoms with Crippen molar-refractivity contribution in [3.63, 3.8) is 0 Å². The number of benzene rings is 2. The number of anilines is 1. The lowest BCUT2D eigenvalue weighted by atomic mass is 10.1. The van der Waals surface area contributed by atoms with Crippen LogP contribution in [0.4, 0.5) is 11.4 Å². The van der Waals surface area contributed by atoms with E-state index in [0.717, 1.165) is 22.6 Å². The van der Waals surface area contributed by atoms with E-state index in [4.69, 9.17) is 10.7 Å². The lowest BCUT2D eigenvalue weighted by molar-refractivity contribution is -0.114. The number of nitrogens with zero attached hydrogens (tertiary/aromatic N) is 1. The number of thioether (sulfide) groups is 1. The maximum atomic E-state index is 12.6. The van der Waals surface area contributed by atoms with Crippen LogP contribution in [0.25, 0.3) is 0 Å². The summed E-state index contributed by atoms with van der Waals surface area (Å²) in [5.41, 5.74) is 8.88. The second kappa shape index (κ2) is 6.77. The number of amides is 1. The van der Waals surface area contributed by atoms with Crippen molar-refractivity contribution in [2.45, 2.75) is 5.25 Å². The Morgan fingerprint density at radius 1 is 1.09 bits per heavy atom. The fraction of sp³-hybridized carbons (Fsp3) is 0.176. The van der Waals surface area contributed by atoms with Crippen LogP contribution in [0, 0.1) is 0 Å². The summed E-state index contributed by atoms with van der Waals surface area (Å²) in [6, 6.07) is 17.4. The summed E-state index contributed by atoms with van der Waals surface area (Å²) in [6.07, 6.45) is 0. The van der Waals surface area contributed by atoms with Gasteiger partial charge in [-0.15, -0.1) is 11.8 Å². The molecule has 0 bridgehead atoms. The number of fused-ring (bicyclic) bond motifs is 1. The molecule has 5 heteroatoms. The average molecular weight is 311 g/mol. The first-order valence-electron chi connectivity index (χ1n) is 7.15. The lowest BCUT2D eigenvalue weighted by Gasteiger charge is -2.16. The van der Waals surface area contributed by atoms with Gasteiger partial charge in [0.15, 0.2) is 0 Å². The second-order valence-corrected chi connectivity index (χ2v) is 6.12. The number of carbonyl (C=O) groups excluding carboxylic acids is 1. The molecule has 0 radical (unpaired) electrons. The van der Waals surface area contributed by atoms with E-state index in [0.29, 0.717) is 12.3 Å². The molecular weight excluding hydrogens is 294 g/mol. The van der Waals surface area contributed by atoms with Crippen molar-refractivity contribution in [2.24, 2.45) is 10.7 Å². The minimum Gasteiger partial charge on any atom is -0.330 e. The van der Waals surface area contributed by atoms with Gasteiger partial charge in [0.05, 0.1) is 17.1 Å². The zero-order valence-electron chi connectivity index (χ0n) is 12.0. The summed E-state index contributed by atoms with van der Waals surface area (Å²) in [6.45, 7) is 0.531. The fourth-order valence-corrected chi connectivity index (χ4v) is 3.28. The van der Waals surface area contributed by atoms with Crippen LogP contribution >= 0.6 is 11.8 Å². The number of aliphatic imine (C=N–C) groups is 1. The van der Waals surface area contributed by atoms with Crippen molar-refractivity contribution in [1.82, 2.24) is 0 Å². The van der Waals surface area contributed by atoms with Crippen LogP contribution in [0.15, 0.2) is 59.6 Å². The smallest absolute Gasteiger partial charge is 0.243 e. The zero-order valence-corrected chi connectivity index (χ0v) is 12.8. The summed E-state index contributed by atoms with van der Waals surface area (Å²) in [5, 5.41) is 2.60. The number of nitrogens with one attached hydrogen (secondary N) is 1. The summed E-state index contributed by atoms with van der Waals surface area (Å²) < 4.78 is 0. The second-order valence-electron chi connectivity index (χ2n) is 4.91. The Kier molecular flexibility index (Phi) is 4.56. The van der Waals surface area contributed by atoms with Gasteiger partial charge in [-0.1, -0.05) is 42.5 Å². The minimum absolute atomic E-state index is 0.0500. The molecule has 0 saturated heterocycles. The molecule has 1 amide bonds. The van der Waals surface area contributed by atoms with E-state index in [9.17, 15) is 4.79 Å². The number of carbonyl (C=O) groups is 1. The number of para-hydroxylation sites is 2. The highest BCUT2D eigenvalue weighted by Gasteiger charge is 2.29. The van der Waals surface area contributed by atoms with Crippen molar-refractivity contribution in [3.8, 4) is 0 Å². The van der Waals surface area contributed by atoms with Crippen molar-refractivity contribution in [3.05, 3.63) is 60.2 Å². The average Bonchev–Trinajstić information content (AvgIpc) is 2.70. The zero-order chi connectivity index (χ0) is 15.4. The SMILES string of the molecule is NCCS[C@H]1C(=O)Nc2ccccc2N=C1c1ccccc1. The van der Waals surface area contributed by atoms with E-state index >= 15 is 0 Å². The quantitative estimate of drug-likeness (QED) is 0.912. The molecule has 0 spiro atoms. The molecule has 1 heterocycles. The van der Waals surface area contributed by atoms with Crippen LogP contribution in [0.5, 0.6) is 0 Å². The highest BCUT2D eigenvalue weighted by Crippen LogP contribution is 2.31. The van der Waals surface area contributed by atoms with Crippen LogP contribution in [0.1, 0.15) is 5.56 Å². The van der Waals surface area contributed by atoms with Gasteiger partial charge in [0, 0.05) is 12.3 Å². The Hall–Kier alpha value is -2.11. The Morgan fingerprint density at radius 2 is 1.82 bits per heavy atom. The highest BCUT2D eigenvalue weighted by molar-refractivity contribution is 8.01. The molecule has 0 aliphatic carbocycles. The summed E-state index contributed by atoms with van der Waals surface area (Å²) in [4.78, 5) is 17.4. The molecule has 3 rings (SSSR count). The molecule has 0 saturated carbocycles. The van der Waals surface area contributed by atoms with Crippen molar-refractivity contribution in [1.29, 1.82) is 0 Å². The van der Waals surface area contributed by atoms with Crippen molar-refractivity contribution < 1.29 is 4.79 Å². The largest absolute Gasteiger partial charge is 0.330 e. The fourth-order valence-electron chi connectivity index (χ4n) is 2.35. The van der Waals surface area contributed by atoms with Gasteiger partial charge in [-0.25, -0.2) is 4.99 Å². The van der Waals surface area contributed by atoms with Gasteiger partial charge in [-0.05, 0) is 17.7 Å². The molecule has 3 N–H and O–H groups in total. The highest BCUT2D eigenvalue weighted by atomic mass is 32.2. The first-order chi connectivity index (χ1) is 10.8. The lowest BCUT2D eigenvalue weighted by Crippen LogP contribution is -2.32. The molecule has 22 heavy (non-hydrogen) atoms. The van der Waals surface area contributed by atoms with Gasteiger partial charge in [-0.2, -0.15) is 0 Å². The van der Waals surface area contributed by atoms with E-state index in [1.165, 1.54) is 11.8 Å². The predicted octanol–water partition coefficient (Wildman–Crippen LogP) is 2.82. The molecule has 1 aliphatic heterocycles. The molecule has 0 unspecified atom stereocenters. The molecule has 0 aromatic heterocycles. The van der Waals surface area contributed by atoms with E-state index < -0.39 is 0 Å². The molecular formula is C17H17N3OS. The monoisotopic (exact) mass is 311 g/mol. The first kappa shape index (κ1) is 14.8. The molecule has 1 aliphatic rings. The van der Waals surface area contributed by atoms with Crippen molar-refractivity contribution >= 4 is 34.8 Å². The Balaban J connectivity index is 2.09. The molecule has 2 aromatic carbocycles. The molecule has 112 valence electrons. The predicted molar refractivity (Wildman–Crippen MR) is 93.0 cm³/mol. The van der Waals surface area contributed by atoms with Gasteiger partial charge in [0.2, 0.25) is 5.91 Å². The van der Waals surface area contributed by atoms with Crippen LogP contribution in [0.3, 0.4) is 0 Å². The maximum Gasteiger partial charge on any atom is 0.243 e. The Morgan fingerprint density at radius 3 is 2.59 bits per heavy atom. The van der Waals surface area contributed by atoms with Crippen LogP contribution in [-0.4, -0.2) is 29.2 Å². The summed E-state index contributed by atoms with van der Waals surface area (Å²) in [5.74, 6) is 0.659. The van der Waals surface area contributed by atoms with Gasteiger partial charge in [-0.3, -0.25) is 4.79 Å². The summed E-state index contributed by atoms with van der Waals surface area (Å²) in [7, 11) is 0. The van der Waals surface area contributed by atoms with Crippen LogP contribution < -0.4 is 11.1 Å². The van der Waals surface area contributed by atoms with Crippen LogP contribution in [0.2, 0.25) is 0 Å². The molecule has 2 aromatic rings. The van der Waals surface area contributed by atoms with E-state index in [2.05, 4.69) is 5.32 Å².